The summed E-state index contributed by atoms with van der Waals surface area (Å²) in [5, 5.41) is 0. The Balaban J connectivity index is 2.38. The Labute approximate surface area is 75.1 Å². The molecule has 1 aromatic carbocycles. The molecule has 0 bridgehead atoms. The first-order valence-electron chi connectivity index (χ1n) is 4.28. The molecule has 2 heteroatoms. The van der Waals surface area contributed by atoms with E-state index in [-0.39, 0.29) is 0 Å². The van der Waals surface area contributed by atoms with Crippen molar-refractivity contribution >= 4 is 21.6 Å². The van der Waals surface area contributed by atoms with Crippen LogP contribution in [0.2, 0.25) is 0 Å². The number of fused-ring (bicyclic) bond motifs is 2. The van der Waals surface area contributed by atoms with E-state index in [4.69, 9.17) is 0 Å². The SMILES string of the molecule is c1nc2cc3c(cc2s1)CCC3. The number of rotatable bonds is 0. The van der Waals surface area contributed by atoms with E-state index in [1.807, 2.05) is 5.51 Å². The van der Waals surface area contributed by atoms with E-state index in [0.29, 0.717) is 0 Å². The van der Waals surface area contributed by atoms with Gasteiger partial charge in [-0.2, -0.15) is 0 Å². The number of aryl methyl sites for hydroxylation is 2. The molecule has 0 unspecified atom stereocenters. The summed E-state index contributed by atoms with van der Waals surface area (Å²) < 4.78 is 1.34. The van der Waals surface area contributed by atoms with Crippen LogP contribution >= 0.6 is 11.3 Å². The summed E-state index contributed by atoms with van der Waals surface area (Å²) in [4.78, 5) is 4.31. The van der Waals surface area contributed by atoms with Crippen LogP contribution < -0.4 is 0 Å². The summed E-state index contributed by atoms with van der Waals surface area (Å²) in [6, 6.07) is 4.57. The Kier molecular flexibility index (Phi) is 1.27. The lowest BCUT2D eigenvalue weighted by Gasteiger charge is -1.96. The molecule has 1 aromatic heterocycles. The Morgan fingerprint density at radius 3 is 2.92 bits per heavy atom. The van der Waals surface area contributed by atoms with Gasteiger partial charge in [-0.25, -0.2) is 4.98 Å². The Morgan fingerprint density at radius 1 is 1.17 bits per heavy atom. The third-order valence-corrected chi connectivity index (χ3v) is 3.34. The van der Waals surface area contributed by atoms with Gasteiger partial charge in [-0.05, 0) is 42.5 Å². The first-order chi connectivity index (χ1) is 5.93. The third-order valence-electron chi connectivity index (χ3n) is 2.54. The second-order valence-corrected chi connectivity index (χ2v) is 4.18. The molecular formula is C10H9NS. The number of hydrogen-bond acceptors (Lipinski definition) is 2. The second-order valence-electron chi connectivity index (χ2n) is 3.29. The Hall–Kier alpha value is -0.890. The molecule has 2 aromatic rings. The molecule has 3 rings (SSSR count). The molecule has 0 amide bonds. The molecule has 1 nitrogen and oxygen atoms in total. The van der Waals surface area contributed by atoms with Crippen molar-refractivity contribution in [3.63, 3.8) is 0 Å². The predicted octanol–water partition coefficient (Wildman–Crippen LogP) is 2.79. The summed E-state index contributed by atoms with van der Waals surface area (Å²) >= 11 is 1.74. The van der Waals surface area contributed by atoms with Crippen molar-refractivity contribution in [2.45, 2.75) is 19.3 Å². The summed E-state index contributed by atoms with van der Waals surface area (Å²) in [6.07, 6.45) is 3.85. The zero-order valence-corrected chi connectivity index (χ0v) is 7.53. The molecule has 0 radical (unpaired) electrons. The van der Waals surface area contributed by atoms with Gasteiger partial charge in [0, 0.05) is 0 Å². The normalized spacial score (nSPS) is 15.3. The minimum absolute atomic E-state index is 1.18. The van der Waals surface area contributed by atoms with Crippen molar-refractivity contribution in [3.8, 4) is 0 Å². The molecule has 12 heavy (non-hydrogen) atoms. The van der Waals surface area contributed by atoms with Gasteiger partial charge in [0.1, 0.15) is 0 Å². The highest BCUT2D eigenvalue weighted by Gasteiger charge is 2.11. The fourth-order valence-electron chi connectivity index (χ4n) is 1.92. The molecule has 1 aliphatic carbocycles. The van der Waals surface area contributed by atoms with Crippen LogP contribution in [0.4, 0.5) is 0 Å². The van der Waals surface area contributed by atoms with Gasteiger partial charge in [-0.15, -0.1) is 11.3 Å². The standard InChI is InChI=1S/C10H9NS/c1-2-7-4-9-10(12-6-11-9)5-8(7)3-1/h4-6H,1-3H2. The molecule has 0 atom stereocenters. The highest BCUT2D eigenvalue weighted by Crippen LogP contribution is 2.28. The van der Waals surface area contributed by atoms with Gasteiger partial charge in [-0.1, -0.05) is 0 Å². The van der Waals surface area contributed by atoms with Crippen LogP contribution in [0.15, 0.2) is 17.6 Å². The van der Waals surface area contributed by atoms with E-state index in [9.17, 15) is 0 Å². The van der Waals surface area contributed by atoms with Crippen molar-refractivity contribution in [1.82, 2.24) is 4.98 Å². The summed E-state index contributed by atoms with van der Waals surface area (Å²) in [5.41, 5.74) is 6.18. The molecular weight excluding hydrogens is 166 g/mol. The minimum atomic E-state index is 1.18. The van der Waals surface area contributed by atoms with Crippen LogP contribution in [0.1, 0.15) is 17.5 Å². The van der Waals surface area contributed by atoms with Crippen molar-refractivity contribution in [2.75, 3.05) is 0 Å². The van der Waals surface area contributed by atoms with E-state index < -0.39 is 0 Å². The van der Waals surface area contributed by atoms with Crippen molar-refractivity contribution in [2.24, 2.45) is 0 Å². The van der Waals surface area contributed by atoms with Gasteiger partial charge in [0.2, 0.25) is 0 Å². The quantitative estimate of drug-likeness (QED) is 0.600. The Morgan fingerprint density at radius 2 is 2.00 bits per heavy atom. The lowest BCUT2D eigenvalue weighted by molar-refractivity contribution is 0.912. The van der Waals surface area contributed by atoms with Crippen LogP contribution in [-0.2, 0) is 12.8 Å². The van der Waals surface area contributed by atoms with E-state index in [1.54, 1.807) is 16.9 Å². The monoisotopic (exact) mass is 175 g/mol. The summed E-state index contributed by atoms with van der Waals surface area (Å²) in [7, 11) is 0. The van der Waals surface area contributed by atoms with Crippen molar-refractivity contribution < 1.29 is 0 Å². The van der Waals surface area contributed by atoms with Gasteiger partial charge in [0.15, 0.2) is 0 Å². The van der Waals surface area contributed by atoms with E-state index >= 15 is 0 Å². The van der Waals surface area contributed by atoms with Gasteiger partial charge in [-0.3, -0.25) is 0 Å². The van der Waals surface area contributed by atoms with Gasteiger partial charge in [0.05, 0.1) is 15.7 Å². The first-order valence-corrected chi connectivity index (χ1v) is 5.16. The molecule has 60 valence electrons. The molecule has 0 saturated carbocycles. The third kappa shape index (κ3) is 0.815. The van der Waals surface area contributed by atoms with Gasteiger partial charge in [0.25, 0.3) is 0 Å². The van der Waals surface area contributed by atoms with Crippen molar-refractivity contribution in [3.05, 3.63) is 28.8 Å². The number of benzene rings is 1. The first kappa shape index (κ1) is 6.61. The molecule has 0 saturated heterocycles. The smallest absolute Gasteiger partial charge is 0.0814 e. The molecule has 0 N–H and O–H groups in total. The maximum Gasteiger partial charge on any atom is 0.0814 e. The van der Waals surface area contributed by atoms with Crippen LogP contribution in [-0.4, -0.2) is 4.98 Å². The number of nitrogens with zero attached hydrogens (tertiary/aromatic N) is 1. The maximum atomic E-state index is 4.31. The van der Waals surface area contributed by atoms with Crippen LogP contribution in [0.5, 0.6) is 0 Å². The van der Waals surface area contributed by atoms with E-state index in [0.717, 1.165) is 0 Å². The highest BCUT2D eigenvalue weighted by atomic mass is 32.1. The van der Waals surface area contributed by atoms with Crippen LogP contribution in [0.25, 0.3) is 10.2 Å². The van der Waals surface area contributed by atoms with Crippen LogP contribution in [0.3, 0.4) is 0 Å². The lowest BCUT2D eigenvalue weighted by atomic mass is 10.1. The van der Waals surface area contributed by atoms with Crippen LogP contribution in [0, 0.1) is 0 Å². The molecule has 0 spiro atoms. The summed E-state index contributed by atoms with van der Waals surface area (Å²) in [6.45, 7) is 0. The zero-order chi connectivity index (χ0) is 7.97. The number of hydrogen-bond donors (Lipinski definition) is 0. The number of aromatic nitrogens is 1. The molecule has 1 heterocycles. The predicted molar refractivity (Wildman–Crippen MR) is 51.6 cm³/mol. The fourth-order valence-corrected chi connectivity index (χ4v) is 2.65. The molecule has 0 aliphatic heterocycles. The average molecular weight is 175 g/mol. The summed E-state index contributed by atoms with van der Waals surface area (Å²) in [5.74, 6) is 0. The average Bonchev–Trinajstić information content (AvgIpc) is 2.64. The van der Waals surface area contributed by atoms with Crippen molar-refractivity contribution in [1.29, 1.82) is 0 Å². The van der Waals surface area contributed by atoms with E-state index in [1.165, 1.54) is 35.0 Å². The largest absolute Gasteiger partial charge is 0.245 e. The van der Waals surface area contributed by atoms with Gasteiger partial charge < -0.3 is 0 Å². The Bertz CT molecular complexity index is 392. The minimum Gasteiger partial charge on any atom is -0.245 e. The second kappa shape index (κ2) is 2.30. The number of thiazole rings is 1. The lowest BCUT2D eigenvalue weighted by Crippen LogP contribution is -1.80. The highest BCUT2D eigenvalue weighted by molar-refractivity contribution is 7.16. The topological polar surface area (TPSA) is 12.9 Å². The fraction of sp³-hybridized carbons (Fsp3) is 0.300. The van der Waals surface area contributed by atoms with E-state index in [2.05, 4.69) is 17.1 Å². The molecule has 0 fully saturated rings. The maximum absolute atomic E-state index is 4.31. The molecule has 1 aliphatic rings. The van der Waals surface area contributed by atoms with Gasteiger partial charge >= 0.3 is 0 Å². The zero-order valence-electron chi connectivity index (χ0n) is 6.71.